The lowest BCUT2D eigenvalue weighted by molar-refractivity contribution is -0.139. The van der Waals surface area contributed by atoms with Gasteiger partial charge in [0.2, 0.25) is 0 Å². The van der Waals surface area contributed by atoms with Crippen LogP contribution in [0.4, 0.5) is 9.59 Å². The van der Waals surface area contributed by atoms with Gasteiger partial charge in [0, 0.05) is 0 Å². The monoisotopic (exact) mass is 498 g/mol. The number of esters is 1. The first-order valence-electron chi connectivity index (χ1n) is 12.0. The lowest BCUT2D eigenvalue weighted by atomic mass is 9.87. The Labute approximate surface area is 213 Å². The Hall–Kier alpha value is -4.66. The molecular weight excluding hydrogens is 472 g/mol. The van der Waals surface area contributed by atoms with Crippen LogP contribution in [0.3, 0.4) is 0 Å². The highest BCUT2D eigenvalue weighted by Gasteiger charge is 2.50. The zero-order chi connectivity index (χ0) is 26.2. The van der Waals surface area contributed by atoms with Crippen LogP contribution in [0.25, 0.3) is 10.8 Å². The van der Waals surface area contributed by atoms with Crippen LogP contribution in [0, 0.1) is 0 Å². The van der Waals surface area contributed by atoms with Crippen molar-refractivity contribution in [1.82, 2.24) is 20.9 Å². The number of rotatable bonds is 6. The first-order valence-corrected chi connectivity index (χ1v) is 12.0. The first kappa shape index (κ1) is 24.1. The Bertz CT molecular complexity index is 1450. The third-order valence-corrected chi connectivity index (χ3v) is 6.70. The molecule has 2 aliphatic rings. The van der Waals surface area contributed by atoms with Crippen LogP contribution in [0.15, 0.2) is 84.1 Å². The SMILES string of the molecule is CCOC(=O)C1=C(CN2C(=O)NC(C)(c3cccc4ccccc34)C2=O)NC(=O)NC1c1ccccc1. The molecule has 2 aliphatic heterocycles. The maximum atomic E-state index is 13.8. The smallest absolute Gasteiger partial charge is 0.338 e. The molecule has 0 bridgehead atoms. The predicted octanol–water partition coefficient (Wildman–Crippen LogP) is 3.48. The molecule has 9 nitrogen and oxygen atoms in total. The average molecular weight is 499 g/mol. The third-order valence-electron chi connectivity index (χ3n) is 6.70. The molecule has 9 heteroatoms. The molecule has 2 atom stereocenters. The molecule has 0 spiro atoms. The lowest BCUT2D eigenvalue weighted by Gasteiger charge is -2.30. The number of ether oxygens (including phenoxy) is 1. The Kier molecular flexibility index (Phi) is 6.12. The van der Waals surface area contributed by atoms with E-state index in [0.29, 0.717) is 11.1 Å². The van der Waals surface area contributed by atoms with E-state index in [0.717, 1.165) is 15.7 Å². The van der Waals surface area contributed by atoms with Gasteiger partial charge in [-0.2, -0.15) is 0 Å². The Balaban J connectivity index is 1.55. The quantitative estimate of drug-likeness (QED) is 0.355. The van der Waals surface area contributed by atoms with E-state index in [9.17, 15) is 19.2 Å². The van der Waals surface area contributed by atoms with E-state index < -0.39 is 35.5 Å². The highest BCUT2D eigenvalue weighted by molar-refractivity contribution is 6.09. The molecule has 5 amide bonds. The van der Waals surface area contributed by atoms with Crippen molar-refractivity contribution in [3.05, 3.63) is 95.2 Å². The van der Waals surface area contributed by atoms with Gasteiger partial charge in [0.05, 0.1) is 30.5 Å². The Morgan fingerprint density at radius 1 is 0.973 bits per heavy atom. The van der Waals surface area contributed by atoms with E-state index in [1.165, 1.54) is 0 Å². The summed E-state index contributed by atoms with van der Waals surface area (Å²) in [6, 6.07) is 20.2. The number of urea groups is 2. The lowest BCUT2D eigenvalue weighted by Crippen LogP contribution is -2.49. The number of nitrogens with zero attached hydrogens (tertiary/aromatic N) is 1. The summed E-state index contributed by atoms with van der Waals surface area (Å²) in [5.74, 6) is -1.14. The van der Waals surface area contributed by atoms with Crippen molar-refractivity contribution >= 4 is 34.7 Å². The van der Waals surface area contributed by atoms with Crippen molar-refractivity contribution in [1.29, 1.82) is 0 Å². The number of hydrogen-bond donors (Lipinski definition) is 3. The molecule has 188 valence electrons. The number of amides is 5. The molecule has 1 saturated heterocycles. The van der Waals surface area contributed by atoms with Gasteiger partial charge in [-0.1, -0.05) is 72.8 Å². The van der Waals surface area contributed by atoms with Crippen molar-refractivity contribution in [2.24, 2.45) is 0 Å². The van der Waals surface area contributed by atoms with Gasteiger partial charge < -0.3 is 20.7 Å². The summed E-state index contributed by atoms with van der Waals surface area (Å²) in [7, 11) is 0. The first-order chi connectivity index (χ1) is 17.8. The standard InChI is InChI=1S/C28H26N4O5/c1-3-37-24(33)22-21(29-26(35)30-23(22)18-11-5-4-6-12-18)16-32-25(34)28(2,31-27(32)36)20-15-9-13-17-10-7-8-14-19(17)20/h4-15,23H,3,16H2,1-2H3,(H,31,36)(H2,29,30,35). The van der Waals surface area contributed by atoms with Crippen LogP contribution in [-0.2, 0) is 19.9 Å². The fourth-order valence-electron chi connectivity index (χ4n) is 4.93. The number of fused-ring (bicyclic) bond motifs is 1. The van der Waals surface area contributed by atoms with Gasteiger partial charge in [-0.15, -0.1) is 0 Å². The molecule has 3 N–H and O–H groups in total. The summed E-state index contributed by atoms with van der Waals surface area (Å²) < 4.78 is 5.28. The van der Waals surface area contributed by atoms with E-state index in [4.69, 9.17) is 4.74 Å². The molecule has 2 unspecified atom stereocenters. The number of imide groups is 1. The van der Waals surface area contributed by atoms with E-state index in [-0.39, 0.29) is 24.4 Å². The van der Waals surface area contributed by atoms with E-state index in [1.54, 1.807) is 38.1 Å². The molecular formula is C28H26N4O5. The predicted molar refractivity (Wildman–Crippen MR) is 136 cm³/mol. The van der Waals surface area contributed by atoms with Crippen LogP contribution in [-0.4, -0.2) is 42.0 Å². The fraction of sp³-hybridized carbons (Fsp3) is 0.214. The summed E-state index contributed by atoms with van der Waals surface area (Å²) in [6.07, 6.45) is 0. The molecule has 5 rings (SSSR count). The number of carbonyl (C=O) groups excluding carboxylic acids is 4. The molecule has 3 aromatic carbocycles. The summed E-state index contributed by atoms with van der Waals surface area (Å²) in [5, 5.41) is 9.97. The maximum absolute atomic E-state index is 13.8. The van der Waals surface area contributed by atoms with Crippen LogP contribution < -0.4 is 16.0 Å². The molecule has 37 heavy (non-hydrogen) atoms. The van der Waals surface area contributed by atoms with Crippen molar-refractivity contribution in [2.75, 3.05) is 13.2 Å². The van der Waals surface area contributed by atoms with Crippen molar-refractivity contribution in [3.8, 4) is 0 Å². The zero-order valence-corrected chi connectivity index (χ0v) is 20.4. The van der Waals surface area contributed by atoms with Crippen molar-refractivity contribution in [2.45, 2.75) is 25.4 Å². The molecule has 3 aromatic rings. The van der Waals surface area contributed by atoms with Crippen LogP contribution >= 0.6 is 0 Å². The average Bonchev–Trinajstić information content (AvgIpc) is 3.12. The highest BCUT2D eigenvalue weighted by Crippen LogP contribution is 2.35. The fourth-order valence-corrected chi connectivity index (χ4v) is 4.93. The van der Waals surface area contributed by atoms with Crippen molar-refractivity contribution in [3.63, 3.8) is 0 Å². The summed E-state index contributed by atoms with van der Waals surface area (Å²) in [6.45, 7) is 3.14. The Morgan fingerprint density at radius 2 is 1.68 bits per heavy atom. The minimum Gasteiger partial charge on any atom is -0.463 e. The second kappa shape index (κ2) is 9.42. The summed E-state index contributed by atoms with van der Waals surface area (Å²) >= 11 is 0. The van der Waals surface area contributed by atoms with Crippen molar-refractivity contribution < 1.29 is 23.9 Å². The largest absolute Gasteiger partial charge is 0.463 e. The molecule has 0 aromatic heterocycles. The minimum absolute atomic E-state index is 0.118. The van der Waals surface area contributed by atoms with Gasteiger partial charge in [-0.3, -0.25) is 9.69 Å². The van der Waals surface area contributed by atoms with E-state index in [1.807, 2.05) is 48.5 Å². The van der Waals surface area contributed by atoms with Crippen LogP contribution in [0.2, 0.25) is 0 Å². The third kappa shape index (κ3) is 4.18. The molecule has 0 saturated carbocycles. The van der Waals surface area contributed by atoms with E-state index in [2.05, 4.69) is 16.0 Å². The maximum Gasteiger partial charge on any atom is 0.338 e. The normalized spacial score (nSPS) is 21.5. The van der Waals surface area contributed by atoms with Gasteiger partial charge in [-0.25, -0.2) is 14.4 Å². The van der Waals surface area contributed by atoms with Gasteiger partial charge in [0.25, 0.3) is 5.91 Å². The minimum atomic E-state index is -1.33. The molecule has 0 aliphatic carbocycles. The number of carbonyl (C=O) groups is 4. The molecule has 2 heterocycles. The number of hydrogen-bond acceptors (Lipinski definition) is 5. The number of benzene rings is 3. The Morgan fingerprint density at radius 3 is 2.43 bits per heavy atom. The highest BCUT2D eigenvalue weighted by atomic mass is 16.5. The molecule has 0 radical (unpaired) electrons. The van der Waals surface area contributed by atoms with Crippen LogP contribution in [0.5, 0.6) is 0 Å². The summed E-state index contributed by atoms with van der Waals surface area (Å²) in [5.41, 5.74) is 0.241. The van der Waals surface area contributed by atoms with Gasteiger partial charge in [0.1, 0.15) is 5.54 Å². The number of nitrogens with one attached hydrogen (secondary N) is 3. The topological polar surface area (TPSA) is 117 Å². The van der Waals surface area contributed by atoms with Gasteiger partial charge in [-0.05, 0) is 35.7 Å². The molecule has 1 fully saturated rings. The van der Waals surface area contributed by atoms with Gasteiger partial charge in [0.15, 0.2) is 0 Å². The van der Waals surface area contributed by atoms with Gasteiger partial charge >= 0.3 is 18.0 Å². The second-order valence-corrected chi connectivity index (χ2v) is 9.03. The van der Waals surface area contributed by atoms with E-state index >= 15 is 0 Å². The van der Waals surface area contributed by atoms with Crippen LogP contribution in [0.1, 0.15) is 31.0 Å². The second-order valence-electron chi connectivity index (χ2n) is 9.03. The zero-order valence-electron chi connectivity index (χ0n) is 20.4. The summed E-state index contributed by atoms with van der Waals surface area (Å²) in [4.78, 5) is 53.6.